The average Bonchev–Trinajstić information content (AvgIpc) is 2.54. The van der Waals surface area contributed by atoms with Crippen molar-refractivity contribution in [3.63, 3.8) is 0 Å². The van der Waals surface area contributed by atoms with Crippen LogP contribution in [0.4, 0.5) is 5.69 Å². The first-order chi connectivity index (χ1) is 11.0. The van der Waals surface area contributed by atoms with Crippen molar-refractivity contribution in [2.75, 3.05) is 5.32 Å². The number of para-hydroxylation sites is 1. The van der Waals surface area contributed by atoms with Gasteiger partial charge in [-0.2, -0.15) is 5.26 Å². The van der Waals surface area contributed by atoms with Gasteiger partial charge >= 0.3 is 5.97 Å². The lowest BCUT2D eigenvalue weighted by molar-refractivity contribution is -0.114. The number of nitrogens with zero attached hydrogens (tertiary/aromatic N) is 1. The van der Waals surface area contributed by atoms with Gasteiger partial charge in [0.15, 0.2) is 0 Å². The lowest BCUT2D eigenvalue weighted by Gasteiger charge is -2.12. The molecule has 1 N–H and O–H groups in total. The van der Waals surface area contributed by atoms with E-state index in [9.17, 15) is 9.59 Å². The summed E-state index contributed by atoms with van der Waals surface area (Å²) >= 11 is 0. The van der Waals surface area contributed by atoms with Crippen LogP contribution >= 0.6 is 0 Å². The van der Waals surface area contributed by atoms with E-state index in [0.717, 1.165) is 11.1 Å². The van der Waals surface area contributed by atoms with Gasteiger partial charge in [0.25, 0.3) is 0 Å². The van der Waals surface area contributed by atoms with E-state index in [4.69, 9.17) is 10.00 Å². The third-order valence-corrected chi connectivity index (χ3v) is 3.22. The van der Waals surface area contributed by atoms with Crippen LogP contribution in [-0.2, 0) is 16.1 Å². The fraction of sp³-hybridized carbons (Fsp3) is 0.167. The Morgan fingerprint density at radius 2 is 1.96 bits per heavy atom. The third-order valence-electron chi connectivity index (χ3n) is 3.22. The Kier molecular flexibility index (Phi) is 5.11. The van der Waals surface area contributed by atoms with Crippen molar-refractivity contribution in [1.29, 1.82) is 5.26 Å². The quantitative estimate of drug-likeness (QED) is 0.880. The topological polar surface area (TPSA) is 79.2 Å². The summed E-state index contributed by atoms with van der Waals surface area (Å²) in [5.41, 5.74) is 2.77. The summed E-state index contributed by atoms with van der Waals surface area (Å²) < 4.78 is 5.29. The first kappa shape index (κ1) is 16.2. The van der Waals surface area contributed by atoms with E-state index in [1.165, 1.54) is 6.92 Å². The summed E-state index contributed by atoms with van der Waals surface area (Å²) in [4.78, 5) is 23.6. The zero-order chi connectivity index (χ0) is 16.8. The van der Waals surface area contributed by atoms with Crippen LogP contribution in [0.2, 0.25) is 0 Å². The van der Waals surface area contributed by atoms with Crippen molar-refractivity contribution < 1.29 is 14.3 Å². The summed E-state index contributed by atoms with van der Waals surface area (Å²) in [6.45, 7) is 3.25. The zero-order valence-electron chi connectivity index (χ0n) is 12.9. The van der Waals surface area contributed by atoms with Crippen LogP contribution in [0.25, 0.3) is 0 Å². The molecule has 0 spiro atoms. The lowest BCUT2D eigenvalue weighted by atomic mass is 10.1. The van der Waals surface area contributed by atoms with Crippen LogP contribution in [0.3, 0.4) is 0 Å². The number of esters is 1. The molecule has 0 radical (unpaired) electrons. The number of hydrogen-bond donors (Lipinski definition) is 1. The first-order valence-electron chi connectivity index (χ1n) is 7.04. The second kappa shape index (κ2) is 7.23. The monoisotopic (exact) mass is 308 g/mol. The molecule has 2 rings (SSSR count). The van der Waals surface area contributed by atoms with Gasteiger partial charge in [-0.1, -0.05) is 24.3 Å². The van der Waals surface area contributed by atoms with E-state index >= 15 is 0 Å². The van der Waals surface area contributed by atoms with Crippen molar-refractivity contribution >= 4 is 17.6 Å². The molecule has 5 nitrogen and oxygen atoms in total. The highest BCUT2D eigenvalue weighted by molar-refractivity contribution is 6.01. The highest BCUT2D eigenvalue weighted by Gasteiger charge is 2.15. The van der Waals surface area contributed by atoms with E-state index in [-0.39, 0.29) is 12.5 Å². The molecule has 0 heterocycles. The van der Waals surface area contributed by atoms with E-state index in [0.29, 0.717) is 16.8 Å². The fourth-order valence-corrected chi connectivity index (χ4v) is 2.14. The second-order valence-electron chi connectivity index (χ2n) is 5.07. The fourth-order valence-electron chi connectivity index (χ4n) is 2.14. The molecule has 0 fully saturated rings. The molecule has 0 aliphatic heterocycles. The third kappa shape index (κ3) is 4.17. The van der Waals surface area contributed by atoms with E-state index in [1.54, 1.807) is 49.4 Å². The summed E-state index contributed by atoms with van der Waals surface area (Å²) in [7, 11) is 0. The molecule has 116 valence electrons. The number of nitrogens with one attached hydrogen (secondary N) is 1. The minimum atomic E-state index is -0.528. The van der Waals surface area contributed by atoms with E-state index in [2.05, 4.69) is 5.32 Å². The molecule has 0 saturated heterocycles. The van der Waals surface area contributed by atoms with Gasteiger partial charge in [0.2, 0.25) is 5.91 Å². The number of anilines is 1. The van der Waals surface area contributed by atoms with E-state index in [1.807, 2.05) is 6.07 Å². The van der Waals surface area contributed by atoms with Gasteiger partial charge in [-0.3, -0.25) is 4.79 Å². The Bertz CT molecular complexity index is 791. The number of hydrogen-bond acceptors (Lipinski definition) is 4. The molecule has 0 saturated carbocycles. The smallest absolute Gasteiger partial charge is 0.340 e. The molecule has 0 aliphatic carbocycles. The van der Waals surface area contributed by atoms with Crippen molar-refractivity contribution in [2.24, 2.45) is 0 Å². The summed E-state index contributed by atoms with van der Waals surface area (Å²) in [6, 6.07) is 14.0. The molecular formula is C18H16N2O3. The normalized spacial score (nSPS) is 9.78. The van der Waals surface area contributed by atoms with Crippen LogP contribution in [0.5, 0.6) is 0 Å². The number of carbonyl (C=O) groups is 2. The number of amides is 1. The predicted octanol–water partition coefficient (Wildman–Crippen LogP) is 3.18. The molecule has 5 heteroatoms. The van der Waals surface area contributed by atoms with Gasteiger partial charge in [0.1, 0.15) is 6.61 Å². The maximum absolute atomic E-state index is 12.3. The number of aryl methyl sites for hydroxylation is 1. The van der Waals surface area contributed by atoms with Crippen molar-refractivity contribution in [1.82, 2.24) is 0 Å². The SMILES string of the molecule is CC(=O)Nc1c(C)cccc1C(=O)OCc1cccc(C#N)c1. The maximum atomic E-state index is 12.3. The highest BCUT2D eigenvalue weighted by atomic mass is 16.5. The van der Waals surface area contributed by atoms with Crippen LogP contribution < -0.4 is 5.32 Å². The lowest BCUT2D eigenvalue weighted by Crippen LogP contribution is -2.14. The van der Waals surface area contributed by atoms with Crippen LogP contribution in [0, 0.1) is 18.3 Å². The number of nitriles is 1. The minimum absolute atomic E-state index is 0.0573. The Morgan fingerprint density at radius 1 is 1.22 bits per heavy atom. The molecule has 0 aromatic heterocycles. The molecule has 23 heavy (non-hydrogen) atoms. The summed E-state index contributed by atoms with van der Waals surface area (Å²) in [5.74, 6) is -0.783. The van der Waals surface area contributed by atoms with Gasteiger partial charge in [-0.25, -0.2) is 4.79 Å². The molecule has 0 bridgehead atoms. The van der Waals surface area contributed by atoms with Gasteiger partial charge in [-0.15, -0.1) is 0 Å². The summed E-state index contributed by atoms with van der Waals surface area (Å²) in [5, 5.41) is 11.5. The van der Waals surface area contributed by atoms with Gasteiger partial charge < -0.3 is 10.1 Å². The Morgan fingerprint density at radius 3 is 2.65 bits per heavy atom. The number of ether oxygens (including phenoxy) is 1. The number of benzene rings is 2. The zero-order valence-corrected chi connectivity index (χ0v) is 12.9. The van der Waals surface area contributed by atoms with Crippen molar-refractivity contribution in [3.05, 3.63) is 64.7 Å². The standard InChI is InChI=1S/C18H16N2O3/c1-12-5-3-8-16(17(12)20-13(2)21)18(22)23-11-15-7-4-6-14(9-15)10-19/h3-9H,11H2,1-2H3,(H,20,21). The maximum Gasteiger partial charge on any atom is 0.340 e. The molecule has 0 unspecified atom stereocenters. The van der Waals surface area contributed by atoms with Gasteiger partial charge in [0, 0.05) is 6.92 Å². The molecule has 0 aliphatic rings. The van der Waals surface area contributed by atoms with E-state index < -0.39 is 5.97 Å². The molecular weight excluding hydrogens is 292 g/mol. The Hall–Kier alpha value is -3.13. The first-order valence-corrected chi connectivity index (χ1v) is 7.04. The van der Waals surface area contributed by atoms with Crippen LogP contribution in [-0.4, -0.2) is 11.9 Å². The molecule has 2 aromatic carbocycles. The molecule has 2 aromatic rings. The number of carbonyl (C=O) groups excluding carboxylic acids is 2. The minimum Gasteiger partial charge on any atom is -0.457 e. The molecule has 1 amide bonds. The average molecular weight is 308 g/mol. The van der Waals surface area contributed by atoms with Crippen molar-refractivity contribution in [2.45, 2.75) is 20.5 Å². The highest BCUT2D eigenvalue weighted by Crippen LogP contribution is 2.22. The molecule has 0 atom stereocenters. The summed E-state index contributed by atoms with van der Waals surface area (Å²) in [6.07, 6.45) is 0. The Labute approximate surface area is 134 Å². The van der Waals surface area contributed by atoms with Crippen molar-refractivity contribution in [3.8, 4) is 6.07 Å². The largest absolute Gasteiger partial charge is 0.457 e. The van der Waals surface area contributed by atoms with Gasteiger partial charge in [0.05, 0.1) is 22.9 Å². The van der Waals surface area contributed by atoms with Gasteiger partial charge in [-0.05, 0) is 36.2 Å². The second-order valence-corrected chi connectivity index (χ2v) is 5.07. The predicted molar refractivity (Wildman–Crippen MR) is 85.8 cm³/mol. The van der Waals surface area contributed by atoms with Crippen LogP contribution in [0.1, 0.15) is 34.0 Å². The number of rotatable bonds is 4. The van der Waals surface area contributed by atoms with Crippen LogP contribution in [0.15, 0.2) is 42.5 Å². The Balaban J connectivity index is 2.16.